The molecule has 6 nitrogen and oxygen atoms in total. The summed E-state index contributed by atoms with van der Waals surface area (Å²) in [6, 6.07) is 8.07. The fourth-order valence-corrected chi connectivity index (χ4v) is 3.10. The smallest absolute Gasteiger partial charge is 0.295 e. The summed E-state index contributed by atoms with van der Waals surface area (Å²) in [5.74, 6) is 0. The number of benzene rings is 1. The fraction of sp³-hybridized carbons (Fsp3) is 0. The summed E-state index contributed by atoms with van der Waals surface area (Å²) in [6.07, 6.45) is 1.51. The lowest BCUT2D eigenvalue weighted by atomic mass is 10.3. The minimum atomic E-state index is -3.76. The molecule has 1 aromatic carbocycles. The van der Waals surface area contributed by atoms with Crippen molar-refractivity contribution in [3.05, 3.63) is 41.3 Å². The number of rotatable bonds is 3. The average molecular weight is 342 g/mol. The predicted octanol–water partition coefficient (Wildman–Crippen LogP) is 2.72. The van der Waals surface area contributed by atoms with Gasteiger partial charge in [0.25, 0.3) is 10.0 Å². The molecule has 3 rings (SSSR count). The van der Waals surface area contributed by atoms with E-state index in [0.29, 0.717) is 15.9 Å². The molecule has 0 saturated carbocycles. The zero-order chi connectivity index (χ0) is 13.5. The molecule has 0 aliphatic carbocycles. The Bertz CT molecular complexity index is 838. The molecule has 0 unspecified atom stereocenters. The lowest BCUT2D eigenvalue weighted by Crippen LogP contribution is -2.12. The Labute approximate surface area is 117 Å². The number of nitrogens with one attached hydrogen (secondary N) is 2. The Morgan fingerprint density at radius 2 is 2.11 bits per heavy atom. The van der Waals surface area contributed by atoms with Crippen molar-refractivity contribution in [2.75, 3.05) is 4.72 Å². The maximum atomic E-state index is 12.1. The molecule has 0 radical (unpaired) electrons. The maximum Gasteiger partial charge on any atom is 0.295 e. The van der Waals surface area contributed by atoms with Crippen LogP contribution in [0.3, 0.4) is 0 Å². The molecule has 0 amide bonds. The van der Waals surface area contributed by atoms with Gasteiger partial charge < -0.3 is 9.40 Å². The molecule has 0 spiro atoms. The first-order chi connectivity index (χ1) is 9.06. The zero-order valence-corrected chi connectivity index (χ0v) is 11.8. The summed E-state index contributed by atoms with van der Waals surface area (Å²) in [5.41, 5.74) is 1.70. The molecule has 2 aromatic heterocycles. The van der Waals surface area contributed by atoms with Crippen LogP contribution >= 0.6 is 15.9 Å². The molecule has 8 heteroatoms. The highest BCUT2D eigenvalue weighted by Gasteiger charge is 2.19. The molecule has 2 heterocycles. The van der Waals surface area contributed by atoms with Gasteiger partial charge in [0.05, 0.1) is 17.5 Å². The molecule has 3 aromatic rings. The van der Waals surface area contributed by atoms with Gasteiger partial charge in [0.2, 0.25) is 5.09 Å². The molecular weight excluding hydrogens is 334 g/mol. The van der Waals surface area contributed by atoms with Crippen LogP contribution in [-0.2, 0) is 10.0 Å². The van der Waals surface area contributed by atoms with Crippen LogP contribution < -0.4 is 4.72 Å². The van der Waals surface area contributed by atoms with Gasteiger partial charge in [-0.2, -0.15) is 8.42 Å². The van der Waals surface area contributed by atoms with Crippen molar-refractivity contribution in [2.45, 2.75) is 5.09 Å². The Hall–Kier alpha value is -1.80. The van der Waals surface area contributed by atoms with Crippen molar-refractivity contribution in [1.29, 1.82) is 0 Å². The third-order valence-electron chi connectivity index (χ3n) is 2.51. The van der Waals surface area contributed by atoms with Gasteiger partial charge in [0, 0.05) is 0 Å². The second-order valence-corrected chi connectivity index (χ2v) is 6.16. The van der Waals surface area contributed by atoms with Crippen LogP contribution in [0.15, 0.2) is 50.8 Å². The van der Waals surface area contributed by atoms with Gasteiger partial charge in [0.1, 0.15) is 5.52 Å². The summed E-state index contributed by atoms with van der Waals surface area (Å²) < 4.78 is 32.1. The van der Waals surface area contributed by atoms with Gasteiger partial charge in [-0.1, -0.05) is 6.07 Å². The molecule has 0 aliphatic rings. The molecule has 2 N–H and O–H groups in total. The highest BCUT2D eigenvalue weighted by molar-refractivity contribution is 9.10. The molecule has 19 heavy (non-hydrogen) atoms. The standard InChI is InChI=1S/C11H8BrN3O3S/c12-9-4-5-10(18-9)19(16,17)15-8-3-1-2-7-11(8)14-6-13-7/h1-6,15H,(H,13,14). The normalized spacial score (nSPS) is 11.8. The summed E-state index contributed by atoms with van der Waals surface area (Å²) in [4.78, 5) is 6.99. The summed E-state index contributed by atoms with van der Waals surface area (Å²) >= 11 is 3.07. The topological polar surface area (TPSA) is 88.0 Å². The van der Waals surface area contributed by atoms with Crippen molar-refractivity contribution in [1.82, 2.24) is 9.97 Å². The van der Waals surface area contributed by atoms with Gasteiger partial charge >= 0.3 is 0 Å². The lowest BCUT2D eigenvalue weighted by Gasteiger charge is -2.05. The molecule has 98 valence electrons. The Balaban J connectivity index is 2.03. The van der Waals surface area contributed by atoms with Crippen LogP contribution in [0.25, 0.3) is 11.0 Å². The third kappa shape index (κ3) is 2.24. The number of sulfonamides is 1. The third-order valence-corrected chi connectivity index (χ3v) is 4.17. The van der Waals surface area contributed by atoms with E-state index < -0.39 is 10.0 Å². The predicted molar refractivity (Wildman–Crippen MR) is 73.3 cm³/mol. The van der Waals surface area contributed by atoms with Crippen molar-refractivity contribution < 1.29 is 12.8 Å². The fourth-order valence-electron chi connectivity index (χ4n) is 1.68. The number of halogens is 1. The van der Waals surface area contributed by atoms with E-state index in [1.54, 1.807) is 12.1 Å². The number of nitrogens with zero attached hydrogens (tertiary/aromatic N) is 1. The molecule has 0 fully saturated rings. The van der Waals surface area contributed by atoms with E-state index in [2.05, 4.69) is 30.6 Å². The van der Waals surface area contributed by atoms with E-state index in [1.807, 2.05) is 6.07 Å². The number of furan rings is 1. The van der Waals surface area contributed by atoms with Crippen LogP contribution in [0.4, 0.5) is 5.69 Å². The van der Waals surface area contributed by atoms with Gasteiger partial charge in [-0.3, -0.25) is 4.72 Å². The first kappa shape index (κ1) is 12.2. The van der Waals surface area contributed by atoms with Gasteiger partial charge in [-0.15, -0.1) is 0 Å². The molecular formula is C11H8BrN3O3S. The van der Waals surface area contributed by atoms with E-state index in [4.69, 9.17) is 4.42 Å². The molecule has 0 aliphatic heterocycles. The van der Waals surface area contributed by atoms with E-state index in [1.165, 1.54) is 18.5 Å². The van der Waals surface area contributed by atoms with Crippen LogP contribution in [0.1, 0.15) is 0 Å². The zero-order valence-electron chi connectivity index (χ0n) is 9.42. The SMILES string of the molecule is O=S(=O)(Nc1cccc2[nH]cnc12)c1ccc(Br)o1. The van der Waals surface area contributed by atoms with Crippen molar-refractivity contribution in [3.63, 3.8) is 0 Å². The van der Waals surface area contributed by atoms with E-state index in [9.17, 15) is 8.42 Å². The van der Waals surface area contributed by atoms with Gasteiger partial charge in [-0.05, 0) is 40.2 Å². The van der Waals surface area contributed by atoms with Crippen LogP contribution in [0, 0.1) is 0 Å². The number of fused-ring (bicyclic) bond motifs is 1. The summed E-state index contributed by atoms with van der Waals surface area (Å²) in [6.45, 7) is 0. The van der Waals surface area contributed by atoms with Gasteiger partial charge in [0.15, 0.2) is 4.67 Å². The first-order valence-electron chi connectivity index (χ1n) is 5.26. The molecule has 0 bridgehead atoms. The number of aromatic nitrogens is 2. The monoisotopic (exact) mass is 341 g/mol. The van der Waals surface area contributed by atoms with E-state index in [-0.39, 0.29) is 5.09 Å². The number of aromatic amines is 1. The largest absolute Gasteiger partial charge is 0.436 e. The minimum absolute atomic E-state index is 0.160. The van der Waals surface area contributed by atoms with Crippen molar-refractivity contribution >= 4 is 42.7 Å². The maximum absolute atomic E-state index is 12.1. The van der Waals surface area contributed by atoms with Crippen LogP contribution in [0.5, 0.6) is 0 Å². The number of hydrogen-bond donors (Lipinski definition) is 2. The van der Waals surface area contributed by atoms with E-state index in [0.717, 1.165) is 5.52 Å². The molecule has 0 atom stereocenters. The highest BCUT2D eigenvalue weighted by Crippen LogP contribution is 2.25. The number of imidazole rings is 1. The molecule has 0 saturated heterocycles. The van der Waals surface area contributed by atoms with Crippen LogP contribution in [-0.4, -0.2) is 18.4 Å². The quantitative estimate of drug-likeness (QED) is 0.766. The second-order valence-electron chi connectivity index (χ2n) is 3.77. The number of anilines is 1. The number of para-hydroxylation sites is 1. The first-order valence-corrected chi connectivity index (χ1v) is 7.54. The second kappa shape index (κ2) is 4.39. The average Bonchev–Trinajstić information content (AvgIpc) is 2.97. The van der Waals surface area contributed by atoms with Gasteiger partial charge in [-0.25, -0.2) is 4.98 Å². The summed E-state index contributed by atoms with van der Waals surface area (Å²) in [5, 5.41) is -0.160. The van der Waals surface area contributed by atoms with Crippen molar-refractivity contribution in [2.24, 2.45) is 0 Å². The Morgan fingerprint density at radius 1 is 1.26 bits per heavy atom. The van der Waals surface area contributed by atoms with Crippen molar-refractivity contribution in [3.8, 4) is 0 Å². The number of hydrogen-bond acceptors (Lipinski definition) is 4. The van der Waals surface area contributed by atoms with Crippen LogP contribution in [0.2, 0.25) is 0 Å². The lowest BCUT2D eigenvalue weighted by molar-refractivity contribution is 0.433. The summed E-state index contributed by atoms with van der Waals surface area (Å²) in [7, 11) is -3.76. The Kier molecular flexibility index (Phi) is 2.83. The van der Waals surface area contributed by atoms with E-state index >= 15 is 0 Å². The Morgan fingerprint density at radius 3 is 2.84 bits per heavy atom. The number of H-pyrrole nitrogens is 1. The highest BCUT2D eigenvalue weighted by atomic mass is 79.9. The minimum Gasteiger partial charge on any atom is -0.436 e.